The molecule has 7 nitrogen and oxygen atoms in total. The number of rotatable bonds is 7. The smallest absolute Gasteiger partial charge is 0.316 e. The standard InChI is InChI=1S/C25H24N6OS/c26-14-20(24-29-22-15-27-9-8-23(22)33-24)21-7-10-28-25(30-21)32-17-19-6-4-5-18(13-19)16-31-11-2-1-3-12-31/h4-10,13,15,20H,1-3,11-12,16-17H2. The van der Waals surface area contributed by atoms with Gasteiger partial charge in [-0.05, 0) is 49.2 Å². The van der Waals surface area contributed by atoms with Gasteiger partial charge in [0.15, 0.2) is 0 Å². The first-order chi connectivity index (χ1) is 16.3. The lowest BCUT2D eigenvalue weighted by Gasteiger charge is -2.26. The van der Waals surface area contributed by atoms with E-state index >= 15 is 0 Å². The van der Waals surface area contributed by atoms with Gasteiger partial charge < -0.3 is 4.74 Å². The topological polar surface area (TPSA) is 87.8 Å². The molecule has 8 heteroatoms. The molecular weight excluding hydrogens is 432 g/mol. The molecule has 1 atom stereocenters. The van der Waals surface area contributed by atoms with E-state index < -0.39 is 5.92 Å². The number of nitrogens with zero attached hydrogens (tertiary/aromatic N) is 6. The summed E-state index contributed by atoms with van der Waals surface area (Å²) >= 11 is 1.48. The Morgan fingerprint density at radius 1 is 1.06 bits per heavy atom. The highest BCUT2D eigenvalue weighted by molar-refractivity contribution is 7.18. The summed E-state index contributed by atoms with van der Waals surface area (Å²) in [5, 5.41) is 10.5. The van der Waals surface area contributed by atoms with Gasteiger partial charge in [0.25, 0.3) is 0 Å². The number of fused-ring (bicyclic) bond motifs is 1. The molecule has 0 amide bonds. The molecule has 5 rings (SSSR count). The van der Waals surface area contributed by atoms with Gasteiger partial charge in [0.2, 0.25) is 0 Å². The third kappa shape index (κ3) is 5.16. The minimum atomic E-state index is -0.583. The summed E-state index contributed by atoms with van der Waals surface area (Å²) in [6.45, 7) is 3.70. The van der Waals surface area contributed by atoms with Crippen LogP contribution in [-0.2, 0) is 13.2 Å². The lowest BCUT2D eigenvalue weighted by molar-refractivity contribution is 0.220. The van der Waals surface area contributed by atoms with Crippen molar-refractivity contribution in [2.24, 2.45) is 0 Å². The average Bonchev–Trinajstić information content (AvgIpc) is 3.28. The molecule has 0 aliphatic carbocycles. The fourth-order valence-corrected chi connectivity index (χ4v) is 5.09. The van der Waals surface area contributed by atoms with Gasteiger partial charge in [-0.1, -0.05) is 30.7 Å². The van der Waals surface area contributed by atoms with Crippen LogP contribution in [0.25, 0.3) is 10.2 Å². The van der Waals surface area contributed by atoms with Gasteiger partial charge in [0, 0.05) is 18.9 Å². The zero-order valence-electron chi connectivity index (χ0n) is 18.2. The number of aromatic nitrogens is 4. The lowest BCUT2D eigenvalue weighted by atomic mass is 10.1. The normalized spacial score (nSPS) is 15.2. The SMILES string of the molecule is N#CC(c1ccnc(OCc2cccc(CN3CCCCC3)c2)n1)c1nc2cnccc2s1. The van der Waals surface area contributed by atoms with E-state index in [2.05, 4.69) is 55.2 Å². The van der Waals surface area contributed by atoms with E-state index in [-0.39, 0.29) is 6.01 Å². The Kier molecular flexibility index (Phi) is 6.51. The number of hydrogen-bond acceptors (Lipinski definition) is 8. The number of thiazole rings is 1. The van der Waals surface area contributed by atoms with Crippen LogP contribution in [0.3, 0.4) is 0 Å². The van der Waals surface area contributed by atoms with Crippen molar-refractivity contribution in [1.29, 1.82) is 5.26 Å². The number of ether oxygens (including phenoxy) is 1. The molecule has 0 N–H and O–H groups in total. The molecule has 0 bridgehead atoms. The first-order valence-corrected chi connectivity index (χ1v) is 12.0. The van der Waals surface area contributed by atoms with Gasteiger partial charge in [-0.2, -0.15) is 10.2 Å². The lowest BCUT2D eigenvalue weighted by Crippen LogP contribution is -2.29. The summed E-state index contributed by atoms with van der Waals surface area (Å²) in [5.74, 6) is -0.583. The molecule has 4 heterocycles. The number of pyridine rings is 1. The highest BCUT2D eigenvalue weighted by Gasteiger charge is 2.20. The maximum Gasteiger partial charge on any atom is 0.316 e. The van der Waals surface area contributed by atoms with Gasteiger partial charge in [-0.25, -0.2) is 9.97 Å². The van der Waals surface area contributed by atoms with Gasteiger partial charge in [0.05, 0.1) is 28.2 Å². The predicted molar refractivity (Wildman–Crippen MR) is 127 cm³/mol. The van der Waals surface area contributed by atoms with Crippen molar-refractivity contribution in [3.63, 3.8) is 0 Å². The Bertz CT molecular complexity index is 1240. The predicted octanol–water partition coefficient (Wildman–Crippen LogP) is 4.70. The van der Waals surface area contributed by atoms with Gasteiger partial charge in [-0.3, -0.25) is 9.88 Å². The van der Waals surface area contributed by atoms with Crippen molar-refractivity contribution in [2.75, 3.05) is 13.1 Å². The summed E-state index contributed by atoms with van der Waals surface area (Å²) in [6, 6.07) is 14.7. The second kappa shape index (κ2) is 10.0. The molecule has 4 aromatic rings. The molecule has 166 valence electrons. The van der Waals surface area contributed by atoms with Crippen LogP contribution in [0.2, 0.25) is 0 Å². The van der Waals surface area contributed by atoms with Crippen LogP contribution in [-0.4, -0.2) is 37.9 Å². The molecule has 1 saturated heterocycles. The van der Waals surface area contributed by atoms with Crippen molar-refractivity contribution in [3.05, 3.63) is 76.8 Å². The molecule has 1 aromatic carbocycles. The van der Waals surface area contributed by atoms with Crippen molar-refractivity contribution in [1.82, 2.24) is 24.8 Å². The number of nitriles is 1. The van der Waals surface area contributed by atoms with Gasteiger partial charge in [-0.15, -0.1) is 11.3 Å². The van der Waals surface area contributed by atoms with Gasteiger partial charge >= 0.3 is 6.01 Å². The first kappa shape index (κ1) is 21.4. The summed E-state index contributed by atoms with van der Waals surface area (Å²) in [4.78, 5) is 19.9. The van der Waals surface area contributed by atoms with Crippen LogP contribution in [0.15, 0.2) is 55.0 Å². The van der Waals surface area contributed by atoms with E-state index in [0.29, 0.717) is 17.3 Å². The van der Waals surface area contributed by atoms with Crippen molar-refractivity contribution in [3.8, 4) is 12.1 Å². The zero-order valence-corrected chi connectivity index (χ0v) is 19.0. The number of hydrogen-bond donors (Lipinski definition) is 0. The Labute approximate surface area is 196 Å². The van der Waals surface area contributed by atoms with Crippen LogP contribution in [0, 0.1) is 11.3 Å². The summed E-state index contributed by atoms with van der Waals surface area (Å²) < 4.78 is 6.89. The highest BCUT2D eigenvalue weighted by atomic mass is 32.1. The molecule has 0 saturated carbocycles. The van der Waals surface area contributed by atoms with E-state index in [0.717, 1.165) is 22.3 Å². The largest absolute Gasteiger partial charge is 0.459 e. The van der Waals surface area contributed by atoms with E-state index in [1.807, 2.05) is 6.07 Å². The van der Waals surface area contributed by atoms with Crippen molar-refractivity contribution in [2.45, 2.75) is 38.3 Å². The van der Waals surface area contributed by atoms with Crippen LogP contribution in [0.5, 0.6) is 6.01 Å². The third-order valence-electron chi connectivity index (χ3n) is 5.75. The Morgan fingerprint density at radius 3 is 2.79 bits per heavy atom. The molecule has 1 fully saturated rings. The molecule has 1 aliphatic rings. The molecule has 1 aliphatic heterocycles. The highest BCUT2D eigenvalue weighted by Crippen LogP contribution is 2.30. The van der Waals surface area contributed by atoms with Crippen molar-refractivity contribution < 1.29 is 4.74 Å². The third-order valence-corrected chi connectivity index (χ3v) is 6.85. The van der Waals surface area contributed by atoms with Crippen LogP contribution in [0.1, 0.15) is 47.0 Å². The Balaban J connectivity index is 1.27. The fraction of sp³-hybridized carbons (Fsp3) is 0.320. The van der Waals surface area contributed by atoms with Gasteiger partial charge in [0.1, 0.15) is 17.5 Å². The fourth-order valence-electron chi connectivity index (χ4n) is 4.09. The van der Waals surface area contributed by atoms with Crippen LogP contribution >= 0.6 is 11.3 Å². The summed E-state index contributed by atoms with van der Waals surface area (Å²) in [7, 11) is 0. The average molecular weight is 457 g/mol. The molecule has 33 heavy (non-hydrogen) atoms. The summed E-state index contributed by atoms with van der Waals surface area (Å²) in [6.07, 6.45) is 8.97. The van der Waals surface area contributed by atoms with E-state index in [1.165, 1.54) is 49.3 Å². The van der Waals surface area contributed by atoms with E-state index in [1.54, 1.807) is 24.7 Å². The maximum absolute atomic E-state index is 9.82. The zero-order chi connectivity index (χ0) is 22.5. The molecule has 0 spiro atoms. The number of likely N-dealkylation sites (tertiary alicyclic amines) is 1. The number of benzene rings is 1. The second-order valence-electron chi connectivity index (χ2n) is 8.17. The van der Waals surface area contributed by atoms with Crippen LogP contribution in [0.4, 0.5) is 0 Å². The minimum Gasteiger partial charge on any atom is -0.459 e. The molecule has 0 radical (unpaired) electrons. The second-order valence-corrected chi connectivity index (χ2v) is 9.23. The summed E-state index contributed by atoms with van der Waals surface area (Å²) in [5.41, 5.74) is 3.73. The monoisotopic (exact) mass is 456 g/mol. The van der Waals surface area contributed by atoms with E-state index in [9.17, 15) is 5.26 Å². The van der Waals surface area contributed by atoms with Crippen molar-refractivity contribution >= 4 is 21.6 Å². The molecular formula is C25H24N6OS. The quantitative estimate of drug-likeness (QED) is 0.398. The molecule has 1 unspecified atom stereocenters. The minimum absolute atomic E-state index is 0.261. The van der Waals surface area contributed by atoms with Crippen LogP contribution < -0.4 is 4.74 Å². The van der Waals surface area contributed by atoms with E-state index in [4.69, 9.17) is 4.74 Å². The first-order valence-electron chi connectivity index (χ1n) is 11.1. The number of piperidine rings is 1. The Morgan fingerprint density at radius 2 is 1.94 bits per heavy atom. The molecule has 3 aromatic heterocycles. The maximum atomic E-state index is 9.82. The Hall–Kier alpha value is -3.41.